The first-order valence-electron chi connectivity index (χ1n) is 4.81. The fourth-order valence-electron chi connectivity index (χ4n) is 1.76. The van der Waals surface area contributed by atoms with Gasteiger partial charge in [0.2, 0.25) is 5.91 Å². The molecule has 6 heteroatoms. The second-order valence-corrected chi connectivity index (χ2v) is 3.58. The van der Waals surface area contributed by atoms with Gasteiger partial charge in [-0.25, -0.2) is 9.67 Å². The molecule has 0 radical (unpaired) electrons. The highest BCUT2D eigenvalue weighted by molar-refractivity contribution is 6.02. The molecule has 3 N–H and O–H groups in total. The molecule has 1 amide bonds. The summed E-state index contributed by atoms with van der Waals surface area (Å²) >= 11 is 0. The Kier molecular flexibility index (Phi) is 1.78. The van der Waals surface area contributed by atoms with Crippen molar-refractivity contribution in [2.24, 2.45) is 5.73 Å². The van der Waals surface area contributed by atoms with Gasteiger partial charge in [-0.15, -0.1) is 0 Å². The molecule has 0 fully saturated rings. The number of nitrogens with zero attached hydrogens (tertiary/aromatic N) is 3. The number of nitrogens with two attached hydrogens (primary N) is 1. The van der Waals surface area contributed by atoms with Crippen molar-refractivity contribution in [3.63, 3.8) is 0 Å². The third kappa shape index (κ3) is 1.20. The van der Waals surface area contributed by atoms with Crippen molar-refractivity contribution in [3.8, 4) is 5.69 Å². The summed E-state index contributed by atoms with van der Waals surface area (Å²) in [6.45, 7) is 0. The zero-order chi connectivity index (χ0) is 11.1. The van der Waals surface area contributed by atoms with E-state index in [0.29, 0.717) is 0 Å². The highest BCUT2D eigenvalue weighted by atomic mass is 16.2. The van der Waals surface area contributed by atoms with Crippen molar-refractivity contribution in [3.05, 3.63) is 36.4 Å². The van der Waals surface area contributed by atoms with Crippen molar-refractivity contribution >= 4 is 11.6 Å². The lowest BCUT2D eigenvalue weighted by Crippen LogP contribution is -2.19. The molecule has 0 saturated carbocycles. The molecule has 0 saturated heterocycles. The van der Waals surface area contributed by atoms with Crippen molar-refractivity contribution in [1.29, 1.82) is 0 Å². The van der Waals surface area contributed by atoms with Gasteiger partial charge in [-0.2, -0.15) is 5.10 Å². The van der Waals surface area contributed by atoms with E-state index in [0.717, 1.165) is 16.9 Å². The molecule has 1 atom stereocenters. The fraction of sp³-hybridized carbons (Fsp3) is 0.100. The summed E-state index contributed by atoms with van der Waals surface area (Å²) in [5, 5.41) is 6.74. The van der Waals surface area contributed by atoms with Crippen molar-refractivity contribution in [1.82, 2.24) is 14.8 Å². The normalized spacial score (nSPS) is 18.3. The van der Waals surface area contributed by atoms with Crippen LogP contribution in [0.3, 0.4) is 0 Å². The second-order valence-electron chi connectivity index (χ2n) is 3.58. The van der Waals surface area contributed by atoms with Crippen LogP contribution in [0.15, 0.2) is 30.9 Å². The molecule has 1 aliphatic rings. The number of benzene rings is 1. The van der Waals surface area contributed by atoms with Crippen LogP contribution >= 0.6 is 0 Å². The van der Waals surface area contributed by atoms with Gasteiger partial charge in [-0.05, 0) is 12.1 Å². The summed E-state index contributed by atoms with van der Waals surface area (Å²) in [4.78, 5) is 15.2. The molecule has 2 heterocycles. The van der Waals surface area contributed by atoms with Crippen LogP contribution in [0.1, 0.15) is 11.6 Å². The van der Waals surface area contributed by atoms with E-state index in [9.17, 15) is 4.79 Å². The molecule has 0 aliphatic carbocycles. The maximum absolute atomic E-state index is 11.4. The molecule has 16 heavy (non-hydrogen) atoms. The number of anilines is 1. The van der Waals surface area contributed by atoms with Gasteiger partial charge in [-0.1, -0.05) is 6.07 Å². The summed E-state index contributed by atoms with van der Waals surface area (Å²) < 4.78 is 1.62. The first-order chi connectivity index (χ1) is 7.75. The van der Waals surface area contributed by atoms with E-state index in [1.165, 1.54) is 6.33 Å². The number of nitrogens with one attached hydrogen (secondary N) is 1. The van der Waals surface area contributed by atoms with Crippen LogP contribution in [-0.4, -0.2) is 20.7 Å². The Morgan fingerprint density at radius 2 is 2.31 bits per heavy atom. The SMILES string of the molecule is NC1C(=O)Nc2cc(-n3cncn3)ccc21. The Balaban J connectivity index is 2.08. The van der Waals surface area contributed by atoms with Crippen molar-refractivity contribution in [2.75, 3.05) is 5.32 Å². The molecule has 1 aromatic heterocycles. The van der Waals surface area contributed by atoms with E-state index in [4.69, 9.17) is 5.73 Å². The van der Waals surface area contributed by atoms with Crippen LogP contribution in [0.2, 0.25) is 0 Å². The average molecular weight is 215 g/mol. The standard InChI is InChI=1S/C10H9N5O/c11-9-7-2-1-6(15-5-12-4-13-15)3-8(7)14-10(9)16/h1-5,9H,11H2,(H,14,16). The fourth-order valence-corrected chi connectivity index (χ4v) is 1.76. The minimum Gasteiger partial charge on any atom is -0.324 e. The van der Waals surface area contributed by atoms with Gasteiger partial charge in [0.1, 0.15) is 18.7 Å². The number of aromatic nitrogens is 3. The van der Waals surface area contributed by atoms with E-state index >= 15 is 0 Å². The third-order valence-electron chi connectivity index (χ3n) is 2.60. The van der Waals surface area contributed by atoms with Crippen LogP contribution in [0.5, 0.6) is 0 Å². The molecule has 1 aliphatic heterocycles. The summed E-state index contributed by atoms with van der Waals surface area (Å²) in [5.41, 5.74) is 8.11. The topological polar surface area (TPSA) is 85.8 Å². The number of fused-ring (bicyclic) bond motifs is 1. The zero-order valence-corrected chi connectivity index (χ0v) is 8.29. The van der Waals surface area contributed by atoms with Gasteiger partial charge in [-0.3, -0.25) is 4.79 Å². The van der Waals surface area contributed by atoms with Gasteiger partial charge in [0.25, 0.3) is 0 Å². The van der Waals surface area contributed by atoms with Crippen LogP contribution in [-0.2, 0) is 4.79 Å². The molecule has 2 aromatic rings. The lowest BCUT2D eigenvalue weighted by atomic mass is 10.1. The predicted octanol–water partition coefficient (Wildman–Crippen LogP) is 0.219. The Morgan fingerprint density at radius 3 is 3.06 bits per heavy atom. The van der Waals surface area contributed by atoms with Gasteiger partial charge < -0.3 is 11.1 Å². The summed E-state index contributed by atoms with van der Waals surface area (Å²) in [7, 11) is 0. The Morgan fingerprint density at radius 1 is 1.44 bits per heavy atom. The molecular weight excluding hydrogens is 206 g/mol. The lowest BCUT2D eigenvalue weighted by molar-refractivity contribution is -0.116. The zero-order valence-electron chi connectivity index (χ0n) is 8.29. The Labute approximate surface area is 91.1 Å². The number of amides is 1. The molecule has 3 rings (SSSR count). The number of carbonyl (C=O) groups is 1. The average Bonchev–Trinajstić information content (AvgIpc) is 2.88. The number of hydrogen-bond acceptors (Lipinski definition) is 4. The van der Waals surface area contributed by atoms with Crippen LogP contribution in [0.25, 0.3) is 5.69 Å². The molecule has 0 bridgehead atoms. The predicted molar refractivity (Wildman–Crippen MR) is 56.9 cm³/mol. The summed E-state index contributed by atoms with van der Waals surface area (Å²) in [5.74, 6) is -0.175. The minimum absolute atomic E-state index is 0.175. The maximum atomic E-state index is 11.4. The second kappa shape index (κ2) is 3.14. The van der Waals surface area contributed by atoms with E-state index in [-0.39, 0.29) is 5.91 Å². The van der Waals surface area contributed by atoms with E-state index in [2.05, 4.69) is 15.4 Å². The Hall–Kier alpha value is -2.21. The molecule has 80 valence electrons. The quantitative estimate of drug-likeness (QED) is 0.712. The monoisotopic (exact) mass is 215 g/mol. The van der Waals surface area contributed by atoms with Gasteiger partial charge in [0, 0.05) is 11.3 Å². The van der Waals surface area contributed by atoms with Crippen LogP contribution in [0, 0.1) is 0 Å². The number of carbonyl (C=O) groups excluding carboxylic acids is 1. The smallest absolute Gasteiger partial charge is 0.245 e. The van der Waals surface area contributed by atoms with Crippen molar-refractivity contribution < 1.29 is 4.79 Å². The van der Waals surface area contributed by atoms with Crippen LogP contribution < -0.4 is 11.1 Å². The third-order valence-corrected chi connectivity index (χ3v) is 2.60. The Bertz CT molecular complexity index is 548. The highest BCUT2D eigenvalue weighted by Crippen LogP contribution is 2.30. The first-order valence-corrected chi connectivity index (χ1v) is 4.81. The molecule has 0 spiro atoms. The summed E-state index contributed by atoms with van der Waals surface area (Å²) in [6.07, 6.45) is 3.05. The highest BCUT2D eigenvalue weighted by Gasteiger charge is 2.27. The van der Waals surface area contributed by atoms with E-state index in [1.54, 1.807) is 11.0 Å². The van der Waals surface area contributed by atoms with Gasteiger partial charge in [0.15, 0.2) is 0 Å². The molecular formula is C10H9N5O. The van der Waals surface area contributed by atoms with E-state index in [1.807, 2.05) is 18.2 Å². The number of hydrogen-bond donors (Lipinski definition) is 2. The number of rotatable bonds is 1. The maximum Gasteiger partial charge on any atom is 0.245 e. The molecule has 1 aromatic carbocycles. The summed E-state index contributed by atoms with van der Waals surface area (Å²) in [6, 6.07) is 4.94. The van der Waals surface area contributed by atoms with Gasteiger partial charge >= 0.3 is 0 Å². The molecule has 1 unspecified atom stereocenters. The molecule has 6 nitrogen and oxygen atoms in total. The first kappa shape index (κ1) is 9.05. The minimum atomic E-state index is -0.570. The van der Waals surface area contributed by atoms with Gasteiger partial charge in [0.05, 0.1) is 5.69 Å². The van der Waals surface area contributed by atoms with Crippen LogP contribution in [0.4, 0.5) is 5.69 Å². The lowest BCUT2D eigenvalue weighted by Gasteiger charge is -2.04. The van der Waals surface area contributed by atoms with Crippen molar-refractivity contribution in [2.45, 2.75) is 6.04 Å². The van der Waals surface area contributed by atoms with E-state index < -0.39 is 6.04 Å². The largest absolute Gasteiger partial charge is 0.324 e.